The molecule has 1 aromatic carbocycles. The Kier molecular flexibility index (Phi) is 3.73. The van der Waals surface area contributed by atoms with Gasteiger partial charge in [0.2, 0.25) is 0 Å². The summed E-state index contributed by atoms with van der Waals surface area (Å²) in [4.78, 5) is 24.4. The SMILES string of the molecule is Nc1ccc(NC2=CC(=O)N(CCO)C2=O)cc1Cl. The van der Waals surface area contributed by atoms with Gasteiger partial charge in [-0.3, -0.25) is 14.5 Å². The van der Waals surface area contributed by atoms with E-state index >= 15 is 0 Å². The number of aliphatic hydroxyl groups is 1. The average molecular weight is 282 g/mol. The van der Waals surface area contributed by atoms with E-state index in [1.165, 1.54) is 6.08 Å². The second-order valence-corrected chi connectivity index (χ2v) is 4.35. The number of nitrogens with zero attached hydrogens (tertiary/aromatic N) is 1. The normalized spacial score (nSPS) is 14.8. The predicted molar refractivity (Wildman–Crippen MR) is 71.4 cm³/mol. The van der Waals surface area contributed by atoms with E-state index in [2.05, 4.69) is 5.32 Å². The number of benzene rings is 1. The van der Waals surface area contributed by atoms with Crippen molar-refractivity contribution in [3.05, 3.63) is 35.0 Å². The van der Waals surface area contributed by atoms with Crippen LogP contribution in [0.25, 0.3) is 0 Å². The van der Waals surface area contributed by atoms with Crippen molar-refractivity contribution in [1.82, 2.24) is 4.90 Å². The summed E-state index contributed by atoms with van der Waals surface area (Å²) < 4.78 is 0. The monoisotopic (exact) mass is 281 g/mol. The van der Waals surface area contributed by atoms with Crippen LogP contribution in [0.1, 0.15) is 0 Å². The third-order valence-electron chi connectivity index (χ3n) is 2.61. The number of imide groups is 1. The fourth-order valence-corrected chi connectivity index (χ4v) is 1.85. The number of hydrogen-bond donors (Lipinski definition) is 3. The molecule has 0 unspecified atom stereocenters. The smallest absolute Gasteiger partial charge is 0.277 e. The zero-order chi connectivity index (χ0) is 14.0. The quantitative estimate of drug-likeness (QED) is 0.554. The standard InChI is InChI=1S/C12H12ClN3O3/c13-8-5-7(1-2-9(8)14)15-10-6-11(18)16(3-4-17)12(10)19/h1-2,5-6,15,17H,3-4,14H2. The summed E-state index contributed by atoms with van der Waals surface area (Å²) in [6.45, 7) is -0.297. The summed E-state index contributed by atoms with van der Waals surface area (Å²) in [5, 5.41) is 11.9. The number of halogens is 1. The zero-order valence-electron chi connectivity index (χ0n) is 9.89. The number of nitrogens with one attached hydrogen (secondary N) is 1. The molecule has 0 saturated carbocycles. The summed E-state index contributed by atoms with van der Waals surface area (Å²) in [5.41, 5.74) is 6.70. The molecule has 4 N–H and O–H groups in total. The van der Waals surface area contributed by atoms with Crippen molar-refractivity contribution in [2.45, 2.75) is 0 Å². The van der Waals surface area contributed by atoms with Crippen molar-refractivity contribution < 1.29 is 14.7 Å². The van der Waals surface area contributed by atoms with Gasteiger partial charge >= 0.3 is 0 Å². The van der Waals surface area contributed by atoms with Crippen LogP contribution in [0.4, 0.5) is 11.4 Å². The molecule has 0 fully saturated rings. The van der Waals surface area contributed by atoms with Crippen molar-refractivity contribution in [2.24, 2.45) is 0 Å². The number of carbonyl (C=O) groups excluding carboxylic acids is 2. The van der Waals surface area contributed by atoms with Crippen LogP contribution in [-0.2, 0) is 9.59 Å². The number of rotatable bonds is 4. The number of β-amino-alcohol motifs (C(OH)–C–C–N with tert-alkyl or cyclic N) is 1. The van der Waals surface area contributed by atoms with Crippen LogP contribution in [0.5, 0.6) is 0 Å². The van der Waals surface area contributed by atoms with Gasteiger partial charge in [-0.2, -0.15) is 0 Å². The Hall–Kier alpha value is -2.05. The van der Waals surface area contributed by atoms with Crippen molar-refractivity contribution in [3.63, 3.8) is 0 Å². The summed E-state index contributed by atoms with van der Waals surface area (Å²) in [5.74, 6) is -0.935. The van der Waals surface area contributed by atoms with Crippen molar-refractivity contribution in [1.29, 1.82) is 0 Å². The molecule has 1 aromatic rings. The molecule has 6 nitrogen and oxygen atoms in total. The lowest BCUT2D eigenvalue weighted by molar-refractivity contribution is -0.137. The van der Waals surface area contributed by atoms with E-state index in [0.29, 0.717) is 16.4 Å². The van der Waals surface area contributed by atoms with Crippen LogP contribution < -0.4 is 11.1 Å². The molecule has 2 rings (SSSR count). The van der Waals surface area contributed by atoms with Gasteiger partial charge < -0.3 is 16.2 Å². The summed E-state index contributed by atoms with van der Waals surface area (Å²) >= 11 is 5.86. The maximum atomic E-state index is 11.9. The zero-order valence-corrected chi connectivity index (χ0v) is 10.6. The van der Waals surface area contributed by atoms with Gasteiger partial charge in [-0.05, 0) is 18.2 Å². The average Bonchev–Trinajstić information content (AvgIpc) is 2.62. The molecule has 7 heteroatoms. The van der Waals surface area contributed by atoms with Gasteiger partial charge in [0.1, 0.15) is 5.70 Å². The molecule has 0 aromatic heterocycles. The minimum Gasteiger partial charge on any atom is -0.398 e. The molecule has 0 bridgehead atoms. The molecule has 2 amide bonds. The van der Waals surface area contributed by atoms with Gasteiger partial charge in [0, 0.05) is 11.8 Å². The first-order valence-corrected chi connectivity index (χ1v) is 5.91. The Morgan fingerprint density at radius 2 is 2.11 bits per heavy atom. The van der Waals surface area contributed by atoms with Crippen LogP contribution in [0.15, 0.2) is 30.0 Å². The first kappa shape index (κ1) is 13.4. The first-order valence-electron chi connectivity index (χ1n) is 5.53. The third kappa shape index (κ3) is 2.69. The number of carbonyl (C=O) groups is 2. The topological polar surface area (TPSA) is 95.7 Å². The number of anilines is 2. The maximum absolute atomic E-state index is 11.9. The van der Waals surface area contributed by atoms with Gasteiger partial charge in [-0.1, -0.05) is 11.6 Å². The van der Waals surface area contributed by atoms with E-state index in [-0.39, 0.29) is 18.8 Å². The highest BCUT2D eigenvalue weighted by Gasteiger charge is 2.30. The Morgan fingerprint density at radius 3 is 2.74 bits per heavy atom. The molecule has 0 radical (unpaired) electrons. The number of aliphatic hydroxyl groups excluding tert-OH is 1. The third-order valence-corrected chi connectivity index (χ3v) is 2.94. The minimum atomic E-state index is -0.480. The van der Waals surface area contributed by atoms with E-state index in [9.17, 15) is 9.59 Å². The molecule has 1 heterocycles. The fourth-order valence-electron chi connectivity index (χ4n) is 1.67. The lowest BCUT2D eigenvalue weighted by Crippen LogP contribution is -2.34. The molecule has 0 atom stereocenters. The number of hydrogen-bond acceptors (Lipinski definition) is 5. The van der Waals surface area contributed by atoms with Crippen molar-refractivity contribution >= 4 is 34.8 Å². The molecule has 0 spiro atoms. The Morgan fingerprint density at radius 1 is 1.37 bits per heavy atom. The van der Waals surface area contributed by atoms with Gasteiger partial charge in [-0.15, -0.1) is 0 Å². The Labute approximate surface area is 114 Å². The van der Waals surface area contributed by atoms with Gasteiger partial charge in [0.05, 0.1) is 23.9 Å². The van der Waals surface area contributed by atoms with Crippen LogP contribution in [0.2, 0.25) is 5.02 Å². The second kappa shape index (κ2) is 5.29. The summed E-state index contributed by atoms with van der Waals surface area (Å²) in [7, 11) is 0. The number of nitrogen functional groups attached to an aromatic ring is 1. The summed E-state index contributed by atoms with van der Waals surface area (Å²) in [6, 6.07) is 4.80. The first-order chi connectivity index (χ1) is 9.02. The van der Waals surface area contributed by atoms with Crippen molar-refractivity contribution in [3.8, 4) is 0 Å². The molecule has 0 saturated heterocycles. The van der Waals surface area contributed by atoms with E-state index in [0.717, 1.165) is 4.90 Å². The lowest BCUT2D eigenvalue weighted by Gasteiger charge is -2.13. The molecular formula is C12H12ClN3O3. The summed E-state index contributed by atoms with van der Waals surface area (Å²) in [6.07, 6.45) is 1.18. The molecule has 100 valence electrons. The lowest BCUT2D eigenvalue weighted by atomic mass is 10.2. The van der Waals surface area contributed by atoms with Crippen LogP contribution in [0, 0.1) is 0 Å². The van der Waals surface area contributed by atoms with Gasteiger partial charge in [-0.25, -0.2) is 0 Å². The van der Waals surface area contributed by atoms with Crippen LogP contribution in [0.3, 0.4) is 0 Å². The van der Waals surface area contributed by atoms with Crippen molar-refractivity contribution in [2.75, 3.05) is 24.2 Å². The van der Waals surface area contributed by atoms with Crippen LogP contribution in [-0.4, -0.2) is 35.0 Å². The van der Waals surface area contributed by atoms with E-state index in [1.54, 1.807) is 18.2 Å². The predicted octanol–water partition coefficient (Wildman–Crippen LogP) is 0.579. The molecule has 1 aliphatic heterocycles. The molecule has 19 heavy (non-hydrogen) atoms. The Bertz CT molecular complexity index is 571. The highest BCUT2D eigenvalue weighted by Crippen LogP contribution is 2.24. The van der Waals surface area contributed by atoms with Gasteiger partial charge in [0.15, 0.2) is 0 Å². The van der Waals surface area contributed by atoms with Gasteiger partial charge in [0.25, 0.3) is 11.8 Å². The largest absolute Gasteiger partial charge is 0.398 e. The number of amides is 2. The van der Waals surface area contributed by atoms with E-state index in [4.69, 9.17) is 22.4 Å². The van der Waals surface area contributed by atoms with E-state index in [1.807, 2.05) is 0 Å². The highest BCUT2D eigenvalue weighted by atomic mass is 35.5. The molecule has 1 aliphatic rings. The Balaban J connectivity index is 2.16. The number of nitrogens with two attached hydrogens (primary N) is 1. The molecule has 0 aliphatic carbocycles. The second-order valence-electron chi connectivity index (χ2n) is 3.94. The highest BCUT2D eigenvalue weighted by molar-refractivity contribution is 6.33. The maximum Gasteiger partial charge on any atom is 0.277 e. The van der Waals surface area contributed by atoms with Crippen LogP contribution >= 0.6 is 11.6 Å². The molecular weight excluding hydrogens is 270 g/mol. The van der Waals surface area contributed by atoms with E-state index < -0.39 is 11.8 Å². The minimum absolute atomic E-state index is 0.0260. The fraction of sp³-hybridized carbons (Fsp3) is 0.167.